The number of pyridine rings is 1. The average molecular weight is 389 g/mol. The summed E-state index contributed by atoms with van der Waals surface area (Å²) < 4.78 is 0. The molecule has 1 atom stereocenters. The maximum Gasteiger partial charge on any atom is 0.262 e. The van der Waals surface area contributed by atoms with E-state index in [1.54, 1.807) is 30.6 Å². The smallest absolute Gasteiger partial charge is 0.262 e. The van der Waals surface area contributed by atoms with Crippen LogP contribution in [-0.2, 0) is 9.59 Å². The van der Waals surface area contributed by atoms with E-state index < -0.39 is 5.92 Å². The van der Waals surface area contributed by atoms with Gasteiger partial charge in [-0.05, 0) is 18.2 Å². The Hall–Kier alpha value is -3.67. The molecule has 0 bridgehead atoms. The molecule has 9 nitrogen and oxygen atoms in total. The van der Waals surface area contributed by atoms with E-state index in [-0.39, 0.29) is 18.2 Å². The second kappa shape index (κ2) is 8.14. The number of hydrogen-bond donors (Lipinski definition) is 0. The molecule has 1 saturated heterocycles. The van der Waals surface area contributed by atoms with Crippen LogP contribution in [0.1, 0.15) is 18.4 Å². The van der Waals surface area contributed by atoms with Gasteiger partial charge in [-0.15, -0.1) is 0 Å². The predicted molar refractivity (Wildman–Crippen MR) is 108 cm³/mol. The maximum atomic E-state index is 12.6. The Bertz CT molecular complexity index is 977. The summed E-state index contributed by atoms with van der Waals surface area (Å²) >= 11 is 0. The first-order valence-electron chi connectivity index (χ1n) is 9.44. The molecular formula is C20H19N7O2. The van der Waals surface area contributed by atoms with Gasteiger partial charge in [0.2, 0.25) is 5.91 Å². The number of piperazine rings is 1. The lowest BCUT2D eigenvalue weighted by Crippen LogP contribution is -2.49. The highest BCUT2D eigenvalue weighted by Crippen LogP contribution is 2.18. The Morgan fingerprint density at radius 3 is 2.76 bits per heavy atom. The summed E-state index contributed by atoms with van der Waals surface area (Å²) in [4.78, 5) is 45.3. The predicted octanol–water partition coefficient (Wildman–Crippen LogP) is 0.976. The second-order valence-corrected chi connectivity index (χ2v) is 6.86. The monoisotopic (exact) mass is 389 g/mol. The van der Waals surface area contributed by atoms with Crippen LogP contribution in [0, 0.1) is 17.2 Å². The van der Waals surface area contributed by atoms with Gasteiger partial charge in [0.15, 0.2) is 0 Å². The number of carbonyl (C=O) groups is 2. The fraction of sp³-hybridized carbons (Fsp3) is 0.350. The molecule has 29 heavy (non-hydrogen) atoms. The highest BCUT2D eigenvalue weighted by Gasteiger charge is 2.28. The van der Waals surface area contributed by atoms with Gasteiger partial charge in [-0.3, -0.25) is 9.59 Å². The van der Waals surface area contributed by atoms with Crippen molar-refractivity contribution in [2.24, 2.45) is 20.9 Å². The van der Waals surface area contributed by atoms with Gasteiger partial charge in [0, 0.05) is 51.4 Å². The van der Waals surface area contributed by atoms with Crippen molar-refractivity contribution in [1.29, 1.82) is 5.26 Å². The molecule has 4 heterocycles. The summed E-state index contributed by atoms with van der Waals surface area (Å²) in [5, 5.41) is 8.86. The average Bonchev–Trinajstić information content (AvgIpc) is 2.78. The lowest BCUT2D eigenvalue weighted by molar-refractivity contribution is -0.131. The summed E-state index contributed by atoms with van der Waals surface area (Å²) in [6.07, 6.45) is 7.15. The van der Waals surface area contributed by atoms with Crippen molar-refractivity contribution >= 4 is 35.5 Å². The van der Waals surface area contributed by atoms with Gasteiger partial charge < -0.3 is 9.80 Å². The molecule has 3 aliphatic rings. The molecule has 0 aromatic carbocycles. The number of nitrogens with zero attached hydrogens (tertiary/aromatic N) is 7. The van der Waals surface area contributed by atoms with Crippen molar-refractivity contribution in [3.8, 4) is 6.07 Å². The van der Waals surface area contributed by atoms with Crippen molar-refractivity contribution in [2.45, 2.75) is 12.8 Å². The molecular weight excluding hydrogens is 370 g/mol. The standard InChI is InChI=1S/C20H19N7O2/c21-12-14-3-5-17(23-13-14)26-8-10-27(11-9-26)18(28)6-4-16-24-19-15(20(29)25-16)2-1-7-22-19/h1-3,5,7,13,15H,4,6,8-11H2. The molecule has 2 amide bonds. The van der Waals surface area contributed by atoms with Crippen LogP contribution in [0.2, 0.25) is 0 Å². The number of carbonyl (C=O) groups excluding carboxylic acids is 2. The van der Waals surface area contributed by atoms with Crippen molar-refractivity contribution in [2.75, 3.05) is 31.1 Å². The number of hydrogen-bond acceptors (Lipinski definition) is 7. The highest BCUT2D eigenvalue weighted by atomic mass is 16.2. The molecule has 146 valence electrons. The first-order chi connectivity index (χ1) is 14.1. The third-order valence-corrected chi connectivity index (χ3v) is 5.02. The summed E-state index contributed by atoms with van der Waals surface area (Å²) in [6, 6.07) is 5.62. The third kappa shape index (κ3) is 4.11. The van der Waals surface area contributed by atoms with Crippen LogP contribution in [0.4, 0.5) is 5.82 Å². The summed E-state index contributed by atoms with van der Waals surface area (Å²) in [5.41, 5.74) is 0.525. The number of rotatable bonds is 4. The van der Waals surface area contributed by atoms with E-state index in [4.69, 9.17) is 5.26 Å². The van der Waals surface area contributed by atoms with Crippen LogP contribution in [0.3, 0.4) is 0 Å². The lowest BCUT2D eigenvalue weighted by Gasteiger charge is -2.35. The van der Waals surface area contributed by atoms with E-state index in [0.717, 1.165) is 5.82 Å². The molecule has 1 aromatic rings. The highest BCUT2D eigenvalue weighted by molar-refractivity contribution is 6.19. The zero-order valence-corrected chi connectivity index (χ0v) is 15.7. The Labute approximate surface area is 167 Å². The zero-order valence-electron chi connectivity index (χ0n) is 15.7. The number of aliphatic imine (C=N–C) groups is 3. The SMILES string of the molecule is N#Cc1ccc(N2CCN(C(=O)CCC3=NC(=O)C4C=CC=NC4=N3)CC2)nc1. The van der Waals surface area contributed by atoms with E-state index in [9.17, 15) is 9.59 Å². The molecule has 0 saturated carbocycles. The van der Waals surface area contributed by atoms with Gasteiger partial charge in [0.05, 0.1) is 5.56 Å². The first-order valence-corrected chi connectivity index (χ1v) is 9.44. The fourth-order valence-electron chi connectivity index (χ4n) is 3.40. The molecule has 4 rings (SSSR count). The number of amides is 2. The minimum absolute atomic E-state index is 0.0157. The van der Waals surface area contributed by atoms with Gasteiger partial charge in [-0.1, -0.05) is 6.08 Å². The van der Waals surface area contributed by atoms with Crippen molar-refractivity contribution in [1.82, 2.24) is 9.88 Å². The number of allylic oxidation sites excluding steroid dienone is 1. The first kappa shape index (κ1) is 18.7. The maximum absolute atomic E-state index is 12.6. The van der Waals surface area contributed by atoms with E-state index >= 15 is 0 Å². The van der Waals surface area contributed by atoms with Gasteiger partial charge in [-0.2, -0.15) is 10.3 Å². The summed E-state index contributed by atoms with van der Waals surface area (Å²) in [6.45, 7) is 2.54. The van der Waals surface area contributed by atoms with Crippen LogP contribution >= 0.6 is 0 Å². The van der Waals surface area contributed by atoms with E-state index in [1.165, 1.54) is 0 Å². The number of dihydropyridines is 1. The summed E-state index contributed by atoms with van der Waals surface area (Å²) in [5.74, 6) is 0.846. The Balaban J connectivity index is 1.29. The topological polar surface area (TPSA) is 114 Å². The van der Waals surface area contributed by atoms with Gasteiger partial charge >= 0.3 is 0 Å². The largest absolute Gasteiger partial charge is 0.353 e. The van der Waals surface area contributed by atoms with Gasteiger partial charge in [0.1, 0.15) is 29.5 Å². The molecule has 3 aliphatic heterocycles. The Kier molecular flexibility index (Phi) is 5.24. The van der Waals surface area contributed by atoms with Crippen LogP contribution < -0.4 is 4.90 Å². The third-order valence-electron chi connectivity index (χ3n) is 5.02. The normalized spacial score (nSPS) is 20.7. The van der Waals surface area contributed by atoms with E-state index in [0.29, 0.717) is 49.8 Å². The summed E-state index contributed by atoms with van der Waals surface area (Å²) in [7, 11) is 0. The number of nitriles is 1. The van der Waals surface area contributed by atoms with Crippen molar-refractivity contribution in [3.05, 3.63) is 36.0 Å². The number of amidine groups is 2. The molecule has 1 fully saturated rings. The molecule has 9 heteroatoms. The molecule has 0 radical (unpaired) electrons. The van der Waals surface area contributed by atoms with Crippen molar-refractivity contribution < 1.29 is 9.59 Å². The quantitative estimate of drug-likeness (QED) is 0.761. The molecule has 1 aromatic heterocycles. The molecule has 0 N–H and O–H groups in total. The Morgan fingerprint density at radius 2 is 2.03 bits per heavy atom. The molecule has 0 spiro atoms. The van der Waals surface area contributed by atoms with Crippen LogP contribution in [0.15, 0.2) is 45.5 Å². The van der Waals surface area contributed by atoms with Gasteiger partial charge in [0.25, 0.3) is 5.91 Å². The van der Waals surface area contributed by atoms with Crippen LogP contribution in [0.25, 0.3) is 0 Å². The lowest BCUT2D eigenvalue weighted by atomic mass is 10.0. The van der Waals surface area contributed by atoms with E-state index in [2.05, 4.69) is 30.9 Å². The van der Waals surface area contributed by atoms with Crippen LogP contribution in [0.5, 0.6) is 0 Å². The minimum atomic E-state index is -0.497. The number of aromatic nitrogens is 1. The van der Waals surface area contributed by atoms with Gasteiger partial charge in [-0.25, -0.2) is 15.0 Å². The number of anilines is 1. The second-order valence-electron chi connectivity index (χ2n) is 6.86. The minimum Gasteiger partial charge on any atom is -0.353 e. The Morgan fingerprint density at radius 1 is 1.21 bits per heavy atom. The van der Waals surface area contributed by atoms with Crippen molar-refractivity contribution in [3.63, 3.8) is 0 Å². The number of fused-ring (bicyclic) bond motifs is 1. The molecule has 1 unspecified atom stereocenters. The molecule has 0 aliphatic carbocycles. The van der Waals surface area contributed by atoms with Crippen LogP contribution in [-0.4, -0.2) is 65.8 Å². The zero-order chi connectivity index (χ0) is 20.2. The fourth-order valence-corrected chi connectivity index (χ4v) is 3.40. The van der Waals surface area contributed by atoms with E-state index in [1.807, 2.05) is 11.0 Å².